The molecule has 0 saturated heterocycles. The minimum atomic E-state index is 0.231. The molecule has 0 fully saturated rings. The lowest BCUT2D eigenvalue weighted by molar-refractivity contribution is 0.112. The molecule has 0 aliphatic carbocycles. The number of fused-ring (bicyclic) bond motifs is 1. The van der Waals surface area contributed by atoms with Crippen molar-refractivity contribution >= 4 is 11.9 Å². The van der Waals surface area contributed by atoms with E-state index >= 15 is 0 Å². The quantitative estimate of drug-likeness (QED) is 0.723. The Labute approximate surface area is 109 Å². The van der Waals surface area contributed by atoms with E-state index in [1.54, 1.807) is 35.0 Å². The van der Waals surface area contributed by atoms with E-state index in [9.17, 15) is 9.90 Å². The second-order valence-electron chi connectivity index (χ2n) is 4.22. The lowest BCUT2D eigenvalue weighted by Gasteiger charge is -1.99. The van der Waals surface area contributed by atoms with Gasteiger partial charge in [0, 0.05) is 23.7 Å². The van der Waals surface area contributed by atoms with Crippen molar-refractivity contribution in [2.24, 2.45) is 0 Å². The van der Waals surface area contributed by atoms with Crippen LogP contribution >= 0.6 is 0 Å². The van der Waals surface area contributed by atoms with Crippen LogP contribution in [0.4, 0.5) is 0 Å². The van der Waals surface area contributed by atoms with Crippen LogP contribution in [0.25, 0.3) is 5.65 Å². The first-order chi connectivity index (χ1) is 9.26. The molecule has 0 atom stereocenters. The van der Waals surface area contributed by atoms with Crippen LogP contribution in [0.2, 0.25) is 0 Å². The summed E-state index contributed by atoms with van der Waals surface area (Å²) < 4.78 is 1.57. The van der Waals surface area contributed by atoms with Gasteiger partial charge in [0.2, 0.25) is 0 Å². The molecule has 3 rings (SSSR count). The van der Waals surface area contributed by atoms with Gasteiger partial charge in [-0.2, -0.15) is 5.10 Å². The predicted molar refractivity (Wildman–Crippen MR) is 69.3 cm³/mol. The highest BCUT2D eigenvalue weighted by Crippen LogP contribution is 2.18. The number of rotatable bonds is 3. The van der Waals surface area contributed by atoms with Gasteiger partial charge in [-0.25, -0.2) is 9.50 Å². The first-order valence-electron chi connectivity index (χ1n) is 5.83. The molecule has 0 amide bonds. The van der Waals surface area contributed by atoms with E-state index < -0.39 is 0 Å². The van der Waals surface area contributed by atoms with Crippen LogP contribution in [0.5, 0.6) is 5.75 Å². The highest BCUT2D eigenvalue weighted by atomic mass is 16.3. The van der Waals surface area contributed by atoms with Crippen molar-refractivity contribution in [2.45, 2.75) is 6.42 Å². The molecular weight excluding hydrogens is 242 g/mol. The molecule has 2 aromatic heterocycles. The number of hydrogen-bond donors (Lipinski definition) is 1. The molecule has 19 heavy (non-hydrogen) atoms. The summed E-state index contributed by atoms with van der Waals surface area (Å²) in [6.07, 6.45) is 2.85. The predicted octanol–water partition coefficient (Wildman–Crippen LogP) is 1.84. The Balaban J connectivity index is 1.98. The van der Waals surface area contributed by atoms with Crippen molar-refractivity contribution in [1.29, 1.82) is 0 Å². The monoisotopic (exact) mass is 253 g/mol. The lowest BCUT2D eigenvalue weighted by Crippen LogP contribution is -1.93. The van der Waals surface area contributed by atoms with Gasteiger partial charge in [-0.05, 0) is 18.2 Å². The van der Waals surface area contributed by atoms with Gasteiger partial charge in [0.15, 0.2) is 17.8 Å². The smallest absolute Gasteiger partial charge is 0.156 e. The number of benzene rings is 1. The van der Waals surface area contributed by atoms with Crippen LogP contribution in [-0.4, -0.2) is 26.0 Å². The number of aromatic nitrogens is 3. The Hall–Kier alpha value is -2.69. The number of aromatic hydroxyl groups is 1. The molecular formula is C14H11N3O2. The van der Waals surface area contributed by atoms with Crippen molar-refractivity contribution < 1.29 is 9.90 Å². The lowest BCUT2D eigenvalue weighted by atomic mass is 10.1. The maximum Gasteiger partial charge on any atom is 0.156 e. The number of phenols is 1. The standard InChI is InChI=1S/C14H11N3O2/c18-9-10-5-6-14-15-13(16-17(14)8-10)7-11-3-1-2-4-12(11)19/h1-6,8-9,19H,7H2. The molecule has 0 bridgehead atoms. The Morgan fingerprint density at radius 1 is 1.21 bits per heavy atom. The second-order valence-corrected chi connectivity index (χ2v) is 4.22. The molecule has 3 aromatic rings. The molecule has 94 valence electrons. The number of para-hydroxylation sites is 1. The number of aldehydes is 1. The zero-order valence-corrected chi connectivity index (χ0v) is 10.0. The largest absolute Gasteiger partial charge is 0.508 e. The minimum Gasteiger partial charge on any atom is -0.508 e. The number of carbonyl (C=O) groups is 1. The highest BCUT2D eigenvalue weighted by molar-refractivity contribution is 5.74. The number of nitrogens with zero attached hydrogens (tertiary/aromatic N) is 3. The summed E-state index contributed by atoms with van der Waals surface area (Å²) >= 11 is 0. The van der Waals surface area contributed by atoms with E-state index in [1.807, 2.05) is 12.1 Å². The first-order valence-corrected chi connectivity index (χ1v) is 5.83. The third-order valence-corrected chi connectivity index (χ3v) is 2.87. The minimum absolute atomic E-state index is 0.231. The topological polar surface area (TPSA) is 67.5 Å². The number of hydrogen-bond acceptors (Lipinski definition) is 4. The van der Waals surface area contributed by atoms with Crippen LogP contribution in [0.3, 0.4) is 0 Å². The molecule has 0 spiro atoms. The van der Waals surface area contributed by atoms with E-state index in [4.69, 9.17) is 0 Å². The maximum absolute atomic E-state index is 10.7. The molecule has 1 N–H and O–H groups in total. The van der Waals surface area contributed by atoms with E-state index in [-0.39, 0.29) is 5.75 Å². The average Bonchev–Trinajstić information content (AvgIpc) is 2.82. The normalized spacial score (nSPS) is 10.7. The van der Waals surface area contributed by atoms with Crippen LogP contribution in [-0.2, 0) is 6.42 Å². The summed E-state index contributed by atoms with van der Waals surface area (Å²) in [5.74, 6) is 0.833. The molecule has 2 heterocycles. The van der Waals surface area contributed by atoms with Crippen molar-refractivity contribution in [1.82, 2.24) is 14.6 Å². The van der Waals surface area contributed by atoms with Crippen LogP contribution < -0.4 is 0 Å². The Morgan fingerprint density at radius 2 is 2.05 bits per heavy atom. The summed E-state index contributed by atoms with van der Waals surface area (Å²) in [6, 6.07) is 10.5. The average molecular weight is 253 g/mol. The van der Waals surface area contributed by atoms with Crippen molar-refractivity contribution in [3.63, 3.8) is 0 Å². The Bertz CT molecular complexity index is 749. The molecule has 5 nitrogen and oxygen atoms in total. The zero-order chi connectivity index (χ0) is 13.2. The van der Waals surface area contributed by atoms with Gasteiger partial charge in [-0.1, -0.05) is 18.2 Å². The van der Waals surface area contributed by atoms with Crippen LogP contribution in [0.1, 0.15) is 21.7 Å². The summed E-state index contributed by atoms with van der Waals surface area (Å²) in [7, 11) is 0. The third-order valence-electron chi connectivity index (χ3n) is 2.87. The SMILES string of the molecule is O=Cc1ccc2nc(Cc3ccccc3O)nn2c1. The summed E-state index contributed by atoms with van der Waals surface area (Å²) in [6.45, 7) is 0. The summed E-state index contributed by atoms with van der Waals surface area (Å²) in [5.41, 5.74) is 2.00. The van der Waals surface area contributed by atoms with E-state index in [0.29, 0.717) is 23.5 Å². The van der Waals surface area contributed by atoms with E-state index in [0.717, 1.165) is 11.8 Å². The maximum atomic E-state index is 10.7. The Morgan fingerprint density at radius 3 is 2.84 bits per heavy atom. The van der Waals surface area contributed by atoms with Gasteiger partial charge in [-0.3, -0.25) is 4.79 Å². The summed E-state index contributed by atoms with van der Waals surface area (Å²) in [5, 5.41) is 14.0. The Kier molecular flexibility index (Phi) is 2.72. The molecule has 0 aliphatic rings. The van der Waals surface area contributed by atoms with Gasteiger partial charge in [-0.15, -0.1) is 0 Å². The zero-order valence-electron chi connectivity index (χ0n) is 10.0. The molecule has 1 aromatic carbocycles. The van der Waals surface area contributed by atoms with Gasteiger partial charge < -0.3 is 5.11 Å². The number of pyridine rings is 1. The number of carbonyl (C=O) groups excluding carboxylic acids is 1. The van der Waals surface area contributed by atoms with Gasteiger partial charge in [0.25, 0.3) is 0 Å². The molecule has 5 heteroatoms. The summed E-state index contributed by atoms with van der Waals surface area (Å²) in [4.78, 5) is 15.0. The number of phenolic OH excluding ortho intramolecular Hbond substituents is 1. The fraction of sp³-hybridized carbons (Fsp3) is 0.0714. The van der Waals surface area contributed by atoms with Crippen molar-refractivity contribution in [2.75, 3.05) is 0 Å². The fourth-order valence-corrected chi connectivity index (χ4v) is 1.92. The van der Waals surface area contributed by atoms with E-state index in [2.05, 4.69) is 10.1 Å². The highest BCUT2D eigenvalue weighted by Gasteiger charge is 2.07. The van der Waals surface area contributed by atoms with E-state index in [1.165, 1.54) is 0 Å². The first kappa shape index (κ1) is 11.4. The van der Waals surface area contributed by atoms with Gasteiger partial charge in [0.05, 0.1) is 0 Å². The van der Waals surface area contributed by atoms with Crippen LogP contribution in [0.15, 0.2) is 42.6 Å². The fourth-order valence-electron chi connectivity index (χ4n) is 1.92. The van der Waals surface area contributed by atoms with Gasteiger partial charge >= 0.3 is 0 Å². The van der Waals surface area contributed by atoms with Crippen LogP contribution in [0, 0.1) is 0 Å². The third kappa shape index (κ3) is 2.18. The van der Waals surface area contributed by atoms with Crippen molar-refractivity contribution in [3.8, 4) is 5.75 Å². The molecule has 0 saturated carbocycles. The van der Waals surface area contributed by atoms with Crippen molar-refractivity contribution in [3.05, 3.63) is 59.5 Å². The molecule has 0 unspecified atom stereocenters. The molecule has 0 aliphatic heterocycles. The van der Waals surface area contributed by atoms with Gasteiger partial charge in [0.1, 0.15) is 5.75 Å². The second kappa shape index (κ2) is 4.53. The molecule has 0 radical (unpaired) electrons.